The second-order valence-electron chi connectivity index (χ2n) is 8.90. The van der Waals surface area contributed by atoms with E-state index in [1.54, 1.807) is 11.9 Å². The quantitative estimate of drug-likeness (QED) is 0.586. The lowest BCUT2D eigenvalue weighted by molar-refractivity contribution is 0.0783. The Morgan fingerprint density at radius 2 is 1.90 bits per heavy atom. The molecule has 0 saturated heterocycles. The van der Waals surface area contributed by atoms with E-state index in [0.717, 1.165) is 42.6 Å². The van der Waals surface area contributed by atoms with Gasteiger partial charge in [0, 0.05) is 18.3 Å². The van der Waals surface area contributed by atoms with E-state index in [1.807, 2.05) is 55.5 Å². The number of nitrogens with zero attached hydrogens (tertiary/aromatic N) is 2. The first-order chi connectivity index (χ1) is 15.0. The zero-order chi connectivity index (χ0) is 21.8. The second kappa shape index (κ2) is 9.48. The number of aliphatic hydroxyl groups excluding tert-OH is 1. The number of hydrogen-bond donors (Lipinski definition) is 2. The SMILES string of the molecule is Cc1cc(CN(C)C(=O)c2ccc(CC3CC[C@H]([C@H](O)c4ccccc4)C3)cc2)n[nH]1. The number of aliphatic hydroxyl groups is 1. The molecule has 5 heteroatoms. The molecule has 3 atom stereocenters. The van der Waals surface area contributed by atoms with E-state index < -0.39 is 0 Å². The van der Waals surface area contributed by atoms with Crippen molar-refractivity contribution in [3.05, 3.63) is 88.7 Å². The molecular formula is C26H31N3O2. The number of hydrogen-bond acceptors (Lipinski definition) is 3. The first kappa shape index (κ1) is 21.3. The number of carbonyl (C=O) groups excluding carboxylic acids is 1. The molecule has 1 heterocycles. The third-order valence-corrected chi connectivity index (χ3v) is 6.40. The van der Waals surface area contributed by atoms with Crippen molar-refractivity contribution in [2.45, 2.75) is 45.3 Å². The molecule has 1 fully saturated rings. The lowest BCUT2D eigenvalue weighted by Crippen LogP contribution is -2.26. The summed E-state index contributed by atoms with van der Waals surface area (Å²) in [4.78, 5) is 14.4. The first-order valence-corrected chi connectivity index (χ1v) is 11.1. The van der Waals surface area contributed by atoms with Gasteiger partial charge in [-0.1, -0.05) is 42.5 Å². The molecule has 5 nitrogen and oxygen atoms in total. The fourth-order valence-corrected chi connectivity index (χ4v) is 4.72. The Morgan fingerprint density at radius 3 is 2.58 bits per heavy atom. The highest BCUT2D eigenvalue weighted by Crippen LogP contribution is 2.40. The summed E-state index contributed by atoms with van der Waals surface area (Å²) < 4.78 is 0. The number of aromatic amines is 1. The van der Waals surface area contributed by atoms with E-state index in [1.165, 1.54) is 5.56 Å². The molecule has 2 N–H and O–H groups in total. The van der Waals surface area contributed by atoms with Gasteiger partial charge in [0.25, 0.3) is 5.91 Å². The number of aromatic nitrogens is 2. The molecule has 3 aromatic rings. The van der Waals surface area contributed by atoms with Crippen LogP contribution in [0.2, 0.25) is 0 Å². The zero-order valence-corrected chi connectivity index (χ0v) is 18.3. The molecule has 0 bridgehead atoms. The lowest BCUT2D eigenvalue weighted by Gasteiger charge is -2.19. The van der Waals surface area contributed by atoms with Crippen molar-refractivity contribution in [3.63, 3.8) is 0 Å². The topological polar surface area (TPSA) is 69.2 Å². The normalized spacial score (nSPS) is 19.3. The van der Waals surface area contributed by atoms with Gasteiger partial charge in [0.05, 0.1) is 18.3 Å². The van der Waals surface area contributed by atoms with Gasteiger partial charge in [0.2, 0.25) is 0 Å². The fraction of sp³-hybridized carbons (Fsp3) is 0.385. The van der Waals surface area contributed by atoms with Crippen LogP contribution >= 0.6 is 0 Å². The summed E-state index contributed by atoms with van der Waals surface area (Å²) in [6, 6.07) is 19.9. The molecule has 1 saturated carbocycles. The van der Waals surface area contributed by atoms with Gasteiger partial charge in [0.1, 0.15) is 0 Å². The molecule has 0 radical (unpaired) electrons. The van der Waals surface area contributed by atoms with E-state index in [-0.39, 0.29) is 12.0 Å². The van der Waals surface area contributed by atoms with Crippen molar-refractivity contribution in [1.82, 2.24) is 15.1 Å². The molecular weight excluding hydrogens is 386 g/mol. The van der Waals surface area contributed by atoms with E-state index in [9.17, 15) is 9.90 Å². The van der Waals surface area contributed by atoms with Gasteiger partial charge < -0.3 is 10.0 Å². The van der Waals surface area contributed by atoms with Gasteiger partial charge >= 0.3 is 0 Å². The van der Waals surface area contributed by atoms with Gasteiger partial charge in [0.15, 0.2) is 0 Å². The zero-order valence-electron chi connectivity index (χ0n) is 18.3. The van der Waals surface area contributed by atoms with Gasteiger partial charge in [-0.2, -0.15) is 5.10 Å². The number of aryl methyl sites for hydroxylation is 1. The number of H-pyrrole nitrogens is 1. The molecule has 1 unspecified atom stereocenters. The largest absolute Gasteiger partial charge is 0.388 e. The average molecular weight is 418 g/mol. The number of carbonyl (C=O) groups is 1. The van der Waals surface area contributed by atoms with Crippen molar-refractivity contribution >= 4 is 5.91 Å². The van der Waals surface area contributed by atoms with Gasteiger partial charge in [-0.25, -0.2) is 0 Å². The Bertz CT molecular complexity index is 997. The Labute approximate surface area is 184 Å². The third-order valence-electron chi connectivity index (χ3n) is 6.40. The highest BCUT2D eigenvalue weighted by Gasteiger charge is 2.30. The Morgan fingerprint density at radius 1 is 1.16 bits per heavy atom. The Hall–Kier alpha value is -2.92. The highest BCUT2D eigenvalue weighted by atomic mass is 16.3. The molecule has 1 aliphatic carbocycles. The van der Waals surface area contributed by atoms with E-state index in [0.29, 0.717) is 23.9 Å². The van der Waals surface area contributed by atoms with Gasteiger partial charge in [-0.3, -0.25) is 9.89 Å². The van der Waals surface area contributed by atoms with Crippen LogP contribution in [-0.2, 0) is 13.0 Å². The Kier molecular flexibility index (Phi) is 6.52. The van der Waals surface area contributed by atoms with Crippen LogP contribution in [-0.4, -0.2) is 33.2 Å². The summed E-state index contributed by atoms with van der Waals surface area (Å²) in [5.74, 6) is 0.905. The van der Waals surface area contributed by atoms with Crippen LogP contribution in [0.5, 0.6) is 0 Å². The van der Waals surface area contributed by atoms with Gasteiger partial charge in [-0.05, 0) is 73.8 Å². The van der Waals surface area contributed by atoms with Crippen molar-refractivity contribution in [2.75, 3.05) is 7.05 Å². The fourth-order valence-electron chi connectivity index (χ4n) is 4.72. The van der Waals surface area contributed by atoms with Crippen molar-refractivity contribution in [2.24, 2.45) is 11.8 Å². The molecule has 31 heavy (non-hydrogen) atoms. The summed E-state index contributed by atoms with van der Waals surface area (Å²) in [7, 11) is 1.80. The maximum absolute atomic E-state index is 12.7. The molecule has 1 amide bonds. The van der Waals surface area contributed by atoms with Crippen LogP contribution in [0, 0.1) is 18.8 Å². The minimum atomic E-state index is -0.375. The maximum atomic E-state index is 12.7. The summed E-state index contributed by atoms with van der Waals surface area (Å²) >= 11 is 0. The smallest absolute Gasteiger partial charge is 0.253 e. The number of nitrogens with one attached hydrogen (secondary N) is 1. The molecule has 0 aliphatic heterocycles. The van der Waals surface area contributed by atoms with Crippen LogP contribution in [0.4, 0.5) is 0 Å². The molecule has 2 aromatic carbocycles. The van der Waals surface area contributed by atoms with Crippen LogP contribution in [0.25, 0.3) is 0 Å². The van der Waals surface area contributed by atoms with Crippen LogP contribution in [0.3, 0.4) is 0 Å². The summed E-state index contributed by atoms with van der Waals surface area (Å²) in [6.45, 7) is 2.43. The minimum Gasteiger partial charge on any atom is -0.388 e. The monoisotopic (exact) mass is 417 g/mol. The molecule has 162 valence electrons. The summed E-state index contributed by atoms with van der Waals surface area (Å²) in [6.07, 6.45) is 3.87. The minimum absolute atomic E-state index is 0.000818. The third kappa shape index (κ3) is 5.23. The number of benzene rings is 2. The van der Waals surface area contributed by atoms with Crippen LogP contribution in [0.15, 0.2) is 60.7 Å². The van der Waals surface area contributed by atoms with Crippen molar-refractivity contribution in [1.29, 1.82) is 0 Å². The van der Waals surface area contributed by atoms with Crippen molar-refractivity contribution < 1.29 is 9.90 Å². The number of rotatable bonds is 7. The predicted molar refractivity (Wildman–Crippen MR) is 122 cm³/mol. The second-order valence-corrected chi connectivity index (χ2v) is 8.90. The maximum Gasteiger partial charge on any atom is 0.253 e. The molecule has 4 rings (SSSR count). The van der Waals surface area contributed by atoms with Crippen LogP contribution < -0.4 is 0 Å². The first-order valence-electron chi connectivity index (χ1n) is 11.1. The molecule has 1 aliphatic rings. The van der Waals surface area contributed by atoms with E-state index >= 15 is 0 Å². The summed E-state index contributed by atoms with van der Waals surface area (Å²) in [5.41, 5.74) is 4.82. The Balaban J connectivity index is 1.31. The standard InChI is InChI=1S/C26H31N3O2/c1-18-14-24(28-27-18)17-29(2)26(31)22-11-8-19(9-12-22)15-20-10-13-23(16-20)25(30)21-6-4-3-5-7-21/h3-9,11-12,14,20,23,25,30H,10,13,15-17H2,1-2H3,(H,27,28)/t20?,23-,25+/m0/s1. The summed E-state index contributed by atoms with van der Waals surface area (Å²) in [5, 5.41) is 17.8. The van der Waals surface area contributed by atoms with Crippen LogP contribution in [0.1, 0.15) is 58.2 Å². The van der Waals surface area contributed by atoms with E-state index in [4.69, 9.17) is 0 Å². The lowest BCUT2D eigenvalue weighted by atomic mass is 9.91. The van der Waals surface area contributed by atoms with Crippen molar-refractivity contribution in [3.8, 4) is 0 Å². The number of amides is 1. The highest BCUT2D eigenvalue weighted by molar-refractivity contribution is 5.94. The van der Waals surface area contributed by atoms with E-state index in [2.05, 4.69) is 22.3 Å². The molecule has 0 spiro atoms. The average Bonchev–Trinajstić information content (AvgIpc) is 3.42. The predicted octanol–water partition coefficient (Wildman–Crippen LogP) is 4.68. The van der Waals surface area contributed by atoms with Gasteiger partial charge in [-0.15, -0.1) is 0 Å². The molecule has 1 aromatic heterocycles.